The largest absolute Gasteiger partial charge is 0.383 e. The molecule has 0 unspecified atom stereocenters. The average molecular weight is 471 g/mol. The van der Waals surface area contributed by atoms with Gasteiger partial charge in [0.05, 0.1) is 32.0 Å². The van der Waals surface area contributed by atoms with Crippen molar-refractivity contribution in [2.75, 3.05) is 73.9 Å². The Bertz CT molecular complexity index is 483. The summed E-state index contributed by atoms with van der Waals surface area (Å²) in [6, 6.07) is 0.573. The Morgan fingerprint density at radius 1 is 0.697 bits per heavy atom. The summed E-state index contributed by atoms with van der Waals surface area (Å²) >= 11 is 0. The molecule has 3 N–H and O–H groups in total. The van der Waals surface area contributed by atoms with Crippen molar-refractivity contribution in [1.82, 2.24) is 20.9 Å². The first kappa shape index (κ1) is 27.3. The summed E-state index contributed by atoms with van der Waals surface area (Å²) in [6.45, 7) is 7.32. The molecule has 1 saturated heterocycles. The molecule has 33 heavy (non-hydrogen) atoms. The second kappa shape index (κ2) is 15.6. The van der Waals surface area contributed by atoms with Crippen molar-refractivity contribution in [2.45, 2.75) is 75.9 Å². The number of hydrogen-bond donors (Lipinski definition) is 3. The summed E-state index contributed by atoms with van der Waals surface area (Å²) in [5.74, 6) is 1.59. The monoisotopic (exact) mass is 470 g/mol. The zero-order valence-corrected chi connectivity index (χ0v) is 21.4. The molecular weight excluding hydrogens is 420 g/mol. The van der Waals surface area contributed by atoms with E-state index in [2.05, 4.69) is 20.9 Å². The molecule has 3 aliphatic rings. The first-order chi connectivity index (χ1) is 16.2. The summed E-state index contributed by atoms with van der Waals surface area (Å²) in [6.07, 6.45) is 10.9. The van der Waals surface area contributed by atoms with E-state index < -0.39 is 0 Å². The smallest absolute Gasteiger partial charge is 0.112 e. The van der Waals surface area contributed by atoms with Crippen LogP contribution in [-0.2, 0) is 18.9 Å². The third-order valence-corrected chi connectivity index (χ3v) is 7.95. The molecular formula is C25H50N4O4. The van der Waals surface area contributed by atoms with E-state index in [1.807, 2.05) is 7.11 Å². The fourth-order valence-corrected chi connectivity index (χ4v) is 5.69. The lowest BCUT2D eigenvalue weighted by Gasteiger charge is -2.40. The van der Waals surface area contributed by atoms with Gasteiger partial charge in [0.1, 0.15) is 6.29 Å². The zero-order chi connectivity index (χ0) is 23.3. The molecule has 3 fully saturated rings. The van der Waals surface area contributed by atoms with E-state index >= 15 is 0 Å². The number of hydrogen-bond acceptors (Lipinski definition) is 8. The van der Waals surface area contributed by atoms with Crippen LogP contribution >= 0.6 is 0 Å². The Labute approximate surface area is 201 Å². The van der Waals surface area contributed by atoms with Gasteiger partial charge in [-0.25, -0.2) is 0 Å². The Balaban J connectivity index is 1.25. The zero-order valence-electron chi connectivity index (χ0n) is 21.4. The standard InChI is InChI=1S/C25H50N4O4/c1-30-15-12-29(13-16-31-2)14-17-33-24-10-6-22(7-11-24)28-25-26-18-21(19-27-25)20-4-8-23(32-3)9-5-20/h20-28H,4-19H2,1-3H3. The van der Waals surface area contributed by atoms with Gasteiger partial charge in [-0.1, -0.05) is 0 Å². The topological polar surface area (TPSA) is 76.2 Å². The average Bonchev–Trinajstić information content (AvgIpc) is 2.87. The van der Waals surface area contributed by atoms with Crippen LogP contribution in [0.1, 0.15) is 51.4 Å². The van der Waals surface area contributed by atoms with E-state index in [1.54, 1.807) is 14.2 Å². The molecule has 2 aliphatic carbocycles. The minimum absolute atomic E-state index is 0.245. The SMILES string of the molecule is COCCN(CCOC)CCOC1CCC(NC2NCC(C3CCC(OC)CC3)CN2)CC1. The molecule has 0 aromatic heterocycles. The highest BCUT2D eigenvalue weighted by Crippen LogP contribution is 2.31. The van der Waals surface area contributed by atoms with Crippen molar-refractivity contribution in [1.29, 1.82) is 0 Å². The maximum atomic E-state index is 6.22. The highest BCUT2D eigenvalue weighted by Gasteiger charge is 2.31. The minimum Gasteiger partial charge on any atom is -0.383 e. The predicted molar refractivity (Wildman–Crippen MR) is 131 cm³/mol. The van der Waals surface area contributed by atoms with Crippen LogP contribution in [0.4, 0.5) is 0 Å². The lowest BCUT2D eigenvalue weighted by molar-refractivity contribution is 0.00358. The van der Waals surface area contributed by atoms with Crippen LogP contribution in [-0.4, -0.2) is 103 Å². The molecule has 194 valence electrons. The Hall–Kier alpha value is -0.320. The Morgan fingerprint density at radius 3 is 1.85 bits per heavy atom. The van der Waals surface area contributed by atoms with E-state index in [1.165, 1.54) is 38.5 Å². The molecule has 0 amide bonds. The molecule has 0 aromatic rings. The minimum atomic E-state index is 0.245. The van der Waals surface area contributed by atoms with Crippen LogP contribution < -0.4 is 16.0 Å². The molecule has 8 heteroatoms. The molecule has 2 saturated carbocycles. The van der Waals surface area contributed by atoms with Gasteiger partial charge >= 0.3 is 0 Å². The van der Waals surface area contributed by atoms with Crippen LogP contribution in [0.5, 0.6) is 0 Å². The molecule has 0 bridgehead atoms. The third-order valence-electron chi connectivity index (χ3n) is 7.95. The van der Waals surface area contributed by atoms with E-state index in [9.17, 15) is 0 Å². The van der Waals surface area contributed by atoms with Crippen LogP contribution in [0.25, 0.3) is 0 Å². The fourth-order valence-electron chi connectivity index (χ4n) is 5.69. The normalized spacial score (nSPS) is 33.5. The van der Waals surface area contributed by atoms with Crippen molar-refractivity contribution in [3.63, 3.8) is 0 Å². The lowest BCUT2D eigenvalue weighted by Crippen LogP contribution is -2.63. The molecule has 1 aliphatic heterocycles. The molecule has 3 rings (SSSR count). The maximum Gasteiger partial charge on any atom is 0.112 e. The van der Waals surface area contributed by atoms with Gasteiger partial charge in [-0.2, -0.15) is 0 Å². The van der Waals surface area contributed by atoms with Gasteiger partial charge in [0, 0.05) is 60.1 Å². The molecule has 0 aromatic carbocycles. The first-order valence-electron chi connectivity index (χ1n) is 13.3. The van der Waals surface area contributed by atoms with Crippen LogP contribution in [0.2, 0.25) is 0 Å². The van der Waals surface area contributed by atoms with Gasteiger partial charge in [0.25, 0.3) is 0 Å². The van der Waals surface area contributed by atoms with Crippen LogP contribution in [0.15, 0.2) is 0 Å². The number of methoxy groups -OCH3 is 3. The number of nitrogens with zero attached hydrogens (tertiary/aromatic N) is 1. The summed E-state index contributed by atoms with van der Waals surface area (Å²) in [5.41, 5.74) is 0. The van der Waals surface area contributed by atoms with Gasteiger partial charge in [0.15, 0.2) is 0 Å². The lowest BCUT2D eigenvalue weighted by atomic mass is 9.78. The highest BCUT2D eigenvalue weighted by atomic mass is 16.5. The van der Waals surface area contributed by atoms with Crippen LogP contribution in [0, 0.1) is 11.8 Å². The second-order valence-electron chi connectivity index (χ2n) is 10.1. The Kier molecular flexibility index (Phi) is 12.9. The molecule has 0 spiro atoms. The van der Waals surface area contributed by atoms with Crippen molar-refractivity contribution in [3.8, 4) is 0 Å². The Morgan fingerprint density at radius 2 is 1.27 bits per heavy atom. The number of nitrogens with one attached hydrogen (secondary N) is 3. The van der Waals surface area contributed by atoms with Crippen molar-refractivity contribution >= 4 is 0 Å². The molecule has 1 heterocycles. The first-order valence-corrected chi connectivity index (χ1v) is 13.3. The molecule has 8 nitrogen and oxygen atoms in total. The van der Waals surface area contributed by atoms with E-state index in [-0.39, 0.29) is 6.29 Å². The van der Waals surface area contributed by atoms with Crippen LogP contribution in [0.3, 0.4) is 0 Å². The third kappa shape index (κ3) is 9.68. The predicted octanol–water partition coefficient (Wildman–Crippen LogP) is 1.80. The summed E-state index contributed by atoms with van der Waals surface area (Å²) in [7, 11) is 5.36. The van der Waals surface area contributed by atoms with Crippen molar-refractivity contribution in [3.05, 3.63) is 0 Å². The van der Waals surface area contributed by atoms with Gasteiger partial charge in [-0.15, -0.1) is 0 Å². The summed E-state index contributed by atoms with van der Waals surface area (Å²) in [5, 5.41) is 11.2. The van der Waals surface area contributed by atoms with Crippen molar-refractivity contribution < 1.29 is 18.9 Å². The van der Waals surface area contributed by atoms with Crippen molar-refractivity contribution in [2.24, 2.45) is 11.8 Å². The highest BCUT2D eigenvalue weighted by molar-refractivity contribution is 4.87. The second-order valence-corrected chi connectivity index (χ2v) is 10.1. The molecule has 0 atom stereocenters. The van der Waals surface area contributed by atoms with Gasteiger partial charge in [-0.3, -0.25) is 20.9 Å². The van der Waals surface area contributed by atoms with Gasteiger partial charge in [0.2, 0.25) is 0 Å². The van der Waals surface area contributed by atoms with E-state index in [4.69, 9.17) is 18.9 Å². The number of rotatable bonds is 14. The van der Waals surface area contributed by atoms with Gasteiger partial charge in [-0.05, 0) is 63.2 Å². The van der Waals surface area contributed by atoms with E-state index in [0.29, 0.717) is 18.2 Å². The molecule has 0 radical (unpaired) electrons. The van der Waals surface area contributed by atoms with E-state index in [0.717, 1.165) is 77.2 Å². The van der Waals surface area contributed by atoms with Gasteiger partial charge < -0.3 is 18.9 Å². The quantitative estimate of drug-likeness (QED) is 0.355. The number of ether oxygens (including phenoxy) is 4. The fraction of sp³-hybridized carbons (Fsp3) is 1.00. The summed E-state index contributed by atoms with van der Waals surface area (Å²) < 4.78 is 22.2. The maximum absolute atomic E-state index is 6.22. The summed E-state index contributed by atoms with van der Waals surface area (Å²) in [4.78, 5) is 2.36.